The van der Waals surface area contributed by atoms with Crippen LogP contribution in [0.15, 0.2) is 78.9 Å². The van der Waals surface area contributed by atoms with Gasteiger partial charge in [-0.2, -0.15) is 0 Å². The van der Waals surface area contributed by atoms with Crippen LogP contribution in [0.1, 0.15) is 46.3 Å². The van der Waals surface area contributed by atoms with Gasteiger partial charge in [-0.15, -0.1) is 0 Å². The maximum Gasteiger partial charge on any atom is 0.257 e. The van der Waals surface area contributed by atoms with E-state index in [0.717, 1.165) is 23.1 Å². The zero-order valence-corrected chi connectivity index (χ0v) is 18.5. The molecule has 0 spiro atoms. The predicted octanol–water partition coefficient (Wildman–Crippen LogP) is 5.17. The smallest absolute Gasteiger partial charge is 0.257 e. The molecule has 0 radical (unpaired) electrons. The molecule has 164 valence electrons. The highest BCUT2D eigenvalue weighted by Gasteiger charge is 2.53. The van der Waals surface area contributed by atoms with Gasteiger partial charge in [-0.3, -0.25) is 4.79 Å². The number of ether oxygens (including phenoxy) is 1. The molecule has 0 saturated heterocycles. The molecule has 4 nitrogen and oxygen atoms in total. The van der Waals surface area contributed by atoms with Crippen molar-refractivity contribution in [1.29, 1.82) is 0 Å². The van der Waals surface area contributed by atoms with Gasteiger partial charge < -0.3 is 14.7 Å². The first-order valence-electron chi connectivity index (χ1n) is 11.2. The first kappa shape index (κ1) is 21.2. The second-order valence-corrected chi connectivity index (χ2v) is 9.03. The summed E-state index contributed by atoms with van der Waals surface area (Å²) < 4.78 is 6.86. The Morgan fingerprint density at radius 3 is 2.41 bits per heavy atom. The van der Waals surface area contributed by atoms with Crippen LogP contribution in [0.25, 0.3) is 0 Å². The highest BCUT2D eigenvalue weighted by Crippen LogP contribution is 2.47. The summed E-state index contributed by atoms with van der Waals surface area (Å²) >= 11 is 6.21. The zero-order valence-electron chi connectivity index (χ0n) is 17.8. The van der Waals surface area contributed by atoms with Crippen LogP contribution in [0.4, 0.5) is 0 Å². The summed E-state index contributed by atoms with van der Waals surface area (Å²) in [5.41, 5.74) is 2.49. The molecule has 0 aromatic heterocycles. The molecule has 2 aliphatic rings. The first-order valence-corrected chi connectivity index (χ1v) is 11.5. The Labute approximate surface area is 193 Å². The SMILES string of the molecule is O=C1c2ccccc2C(OC2CCC(O)C2)(c2ccc(Cl)cc2)N1CCc1ccccc1. The van der Waals surface area contributed by atoms with E-state index in [1.54, 1.807) is 0 Å². The summed E-state index contributed by atoms with van der Waals surface area (Å²) in [4.78, 5) is 15.5. The molecule has 1 N–H and O–H groups in total. The van der Waals surface area contributed by atoms with Crippen molar-refractivity contribution in [3.8, 4) is 0 Å². The topological polar surface area (TPSA) is 49.8 Å². The van der Waals surface area contributed by atoms with Crippen LogP contribution in [0.5, 0.6) is 0 Å². The van der Waals surface area contributed by atoms with E-state index in [2.05, 4.69) is 12.1 Å². The van der Waals surface area contributed by atoms with Gasteiger partial charge in [0.1, 0.15) is 0 Å². The average molecular weight is 448 g/mol. The van der Waals surface area contributed by atoms with Crippen molar-refractivity contribution in [2.75, 3.05) is 6.54 Å². The largest absolute Gasteiger partial charge is 0.393 e. The minimum atomic E-state index is -1.05. The van der Waals surface area contributed by atoms with Crippen LogP contribution in [0.2, 0.25) is 5.02 Å². The normalized spacial score (nSPS) is 24.7. The summed E-state index contributed by atoms with van der Waals surface area (Å²) in [7, 11) is 0. The van der Waals surface area contributed by atoms with Gasteiger partial charge in [-0.1, -0.05) is 72.3 Å². The van der Waals surface area contributed by atoms with Gasteiger partial charge in [0.05, 0.1) is 12.2 Å². The maximum absolute atomic E-state index is 13.7. The first-order chi connectivity index (χ1) is 15.6. The minimum absolute atomic E-state index is 0.0370. The van der Waals surface area contributed by atoms with E-state index in [4.69, 9.17) is 16.3 Å². The molecule has 32 heavy (non-hydrogen) atoms. The number of nitrogens with zero attached hydrogens (tertiary/aromatic N) is 1. The Morgan fingerprint density at radius 1 is 0.969 bits per heavy atom. The number of carbonyl (C=O) groups is 1. The van der Waals surface area contributed by atoms with Crippen molar-refractivity contribution in [3.63, 3.8) is 0 Å². The summed E-state index contributed by atoms with van der Waals surface area (Å²) in [5, 5.41) is 10.8. The number of carbonyl (C=O) groups excluding carboxylic acids is 1. The number of fused-ring (bicyclic) bond motifs is 1. The number of hydrogen-bond donors (Lipinski definition) is 1. The average Bonchev–Trinajstić information content (AvgIpc) is 3.33. The van der Waals surface area contributed by atoms with Crippen LogP contribution >= 0.6 is 11.6 Å². The van der Waals surface area contributed by atoms with Crippen LogP contribution in [0.3, 0.4) is 0 Å². The van der Waals surface area contributed by atoms with Crippen LogP contribution in [-0.2, 0) is 16.9 Å². The highest BCUT2D eigenvalue weighted by molar-refractivity contribution is 6.30. The molecule has 1 amide bonds. The molecule has 1 fully saturated rings. The lowest BCUT2D eigenvalue weighted by Gasteiger charge is -2.41. The summed E-state index contributed by atoms with van der Waals surface area (Å²) in [6.45, 7) is 0.509. The van der Waals surface area contributed by atoms with Crippen LogP contribution in [-0.4, -0.2) is 34.7 Å². The zero-order chi connectivity index (χ0) is 22.1. The van der Waals surface area contributed by atoms with Gasteiger partial charge in [0.15, 0.2) is 5.72 Å². The molecule has 5 rings (SSSR count). The van der Waals surface area contributed by atoms with E-state index >= 15 is 0 Å². The predicted molar refractivity (Wildman–Crippen MR) is 125 cm³/mol. The lowest BCUT2D eigenvalue weighted by atomic mass is 9.92. The van der Waals surface area contributed by atoms with Crippen molar-refractivity contribution < 1.29 is 14.6 Å². The molecule has 5 heteroatoms. The Kier molecular flexibility index (Phi) is 5.76. The van der Waals surface area contributed by atoms with Crippen molar-refractivity contribution in [1.82, 2.24) is 4.90 Å². The molecule has 1 aliphatic carbocycles. The van der Waals surface area contributed by atoms with Crippen molar-refractivity contribution >= 4 is 17.5 Å². The van der Waals surface area contributed by atoms with Gasteiger partial charge in [0, 0.05) is 28.3 Å². The fourth-order valence-electron chi connectivity index (χ4n) is 4.99. The second-order valence-electron chi connectivity index (χ2n) is 8.60. The van der Waals surface area contributed by atoms with E-state index in [9.17, 15) is 9.90 Å². The summed E-state index contributed by atoms with van der Waals surface area (Å²) in [6.07, 6.45) is 2.25. The number of halogens is 1. The van der Waals surface area contributed by atoms with Crippen molar-refractivity contribution in [2.24, 2.45) is 0 Å². The van der Waals surface area contributed by atoms with E-state index in [1.165, 1.54) is 0 Å². The van der Waals surface area contributed by atoms with E-state index in [1.807, 2.05) is 71.6 Å². The Hall–Kier alpha value is -2.66. The number of amides is 1. The number of rotatable bonds is 6. The molecule has 3 aromatic carbocycles. The third kappa shape index (κ3) is 3.73. The Bertz CT molecular complexity index is 1100. The highest BCUT2D eigenvalue weighted by atomic mass is 35.5. The van der Waals surface area contributed by atoms with E-state index in [0.29, 0.717) is 36.4 Å². The molecular weight excluding hydrogens is 422 g/mol. The summed E-state index contributed by atoms with van der Waals surface area (Å²) in [5.74, 6) is -0.0370. The molecular formula is C27H26ClNO3. The number of aliphatic hydroxyl groups is 1. The van der Waals surface area contributed by atoms with Gasteiger partial charge in [-0.05, 0) is 49.4 Å². The van der Waals surface area contributed by atoms with Gasteiger partial charge in [0.2, 0.25) is 0 Å². The molecule has 3 unspecified atom stereocenters. The fraction of sp³-hybridized carbons (Fsp3) is 0.296. The molecule has 0 bridgehead atoms. The Morgan fingerprint density at radius 2 is 1.69 bits per heavy atom. The third-order valence-electron chi connectivity index (χ3n) is 6.54. The quantitative estimate of drug-likeness (QED) is 0.567. The number of aliphatic hydroxyl groups excluding tert-OH is 1. The number of benzene rings is 3. The molecule has 1 aliphatic heterocycles. The van der Waals surface area contributed by atoms with Gasteiger partial charge in [0.25, 0.3) is 5.91 Å². The monoisotopic (exact) mass is 447 g/mol. The lowest BCUT2D eigenvalue weighted by molar-refractivity contribution is -0.144. The second kappa shape index (κ2) is 8.70. The van der Waals surface area contributed by atoms with Crippen LogP contribution < -0.4 is 0 Å². The van der Waals surface area contributed by atoms with Crippen LogP contribution in [0, 0.1) is 0 Å². The molecule has 1 saturated carbocycles. The van der Waals surface area contributed by atoms with Crippen molar-refractivity contribution in [3.05, 3.63) is 106 Å². The number of hydrogen-bond acceptors (Lipinski definition) is 3. The van der Waals surface area contributed by atoms with E-state index in [-0.39, 0.29) is 18.1 Å². The minimum Gasteiger partial charge on any atom is -0.393 e. The fourth-order valence-corrected chi connectivity index (χ4v) is 5.12. The van der Waals surface area contributed by atoms with Crippen molar-refractivity contribution in [2.45, 2.75) is 43.6 Å². The van der Waals surface area contributed by atoms with Gasteiger partial charge >= 0.3 is 0 Å². The molecule has 1 heterocycles. The lowest BCUT2D eigenvalue weighted by Crippen LogP contribution is -2.49. The maximum atomic E-state index is 13.7. The van der Waals surface area contributed by atoms with Gasteiger partial charge in [-0.25, -0.2) is 0 Å². The third-order valence-corrected chi connectivity index (χ3v) is 6.80. The standard InChI is InChI=1S/C27H26ClNO3/c28-21-12-10-20(11-13-21)27(32-23-15-14-22(30)18-23)25-9-5-4-8-24(25)26(31)29(27)17-16-19-6-2-1-3-7-19/h1-13,22-23,30H,14-18H2. The molecule has 3 atom stereocenters. The summed E-state index contributed by atoms with van der Waals surface area (Å²) in [6, 6.07) is 25.4. The Balaban J connectivity index is 1.62. The molecule has 3 aromatic rings. The van der Waals surface area contributed by atoms with E-state index < -0.39 is 5.72 Å².